The Morgan fingerprint density at radius 1 is 1.28 bits per heavy atom. The zero-order chi connectivity index (χ0) is 12.5. The Morgan fingerprint density at radius 2 is 2.11 bits per heavy atom. The number of hydrogen-bond acceptors (Lipinski definition) is 4. The number of nitrogens with zero attached hydrogens (tertiary/aromatic N) is 3. The van der Waals surface area contributed by atoms with Gasteiger partial charge in [-0.2, -0.15) is 0 Å². The van der Waals surface area contributed by atoms with Crippen molar-refractivity contribution in [2.24, 2.45) is 0 Å². The van der Waals surface area contributed by atoms with Crippen LogP contribution >= 0.6 is 11.6 Å². The van der Waals surface area contributed by atoms with E-state index in [1.165, 1.54) is 6.20 Å². The van der Waals surface area contributed by atoms with Gasteiger partial charge in [-0.15, -0.1) is 0 Å². The maximum atomic E-state index is 11.7. The molecule has 6 heteroatoms. The van der Waals surface area contributed by atoms with Gasteiger partial charge in [0.25, 0.3) is 0 Å². The SMILES string of the molecule is O=C1CN(c2cncc(Cl)n2)c2ccccc2N1. The third-order valence-corrected chi connectivity index (χ3v) is 2.82. The first-order valence-electron chi connectivity index (χ1n) is 5.38. The van der Waals surface area contributed by atoms with E-state index in [1.54, 1.807) is 11.1 Å². The van der Waals surface area contributed by atoms with Crippen molar-refractivity contribution in [3.05, 3.63) is 41.8 Å². The van der Waals surface area contributed by atoms with E-state index in [1.807, 2.05) is 24.3 Å². The number of hydrogen-bond donors (Lipinski definition) is 1. The Kier molecular flexibility index (Phi) is 2.60. The van der Waals surface area contributed by atoms with Crippen LogP contribution in [-0.4, -0.2) is 22.4 Å². The summed E-state index contributed by atoms with van der Waals surface area (Å²) in [5.74, 6) is 0.472. The first-order chi connectivity index (χ1) is 8.74. The average molecular weight is 261 g/mol. The lowest BCUT2D eigenvalue weighted by molar-refractivity contribution is -0.115. The summed E-state index contributed by atoms with van der Waals surface area (Å²) in [6, 6.07) is 7.53. The molecule has 0 fully saturated rings. The lowest BCUT2D eigenvalue weighted by Gasteiger charge is -2.29. The summed E-state index contributed by atoms with van der Waals surface area (Å²) in [6.07, 6.45) is 3.04. The largest absolute Gasteiger partial charge is 0.323 e. The zero-order valence-electron chi connectivity index (χ0n) is 9.30. The first kappa shape index (κ1) is 11.0. The molecule has 1 amide bonds. The molecule has 5 nitrogen and oxygen atoms in total. The summed E-state index contributed by atoms with van der Waals surface area (Å²) in [7, 11) is 0. The number of para-hydroxylation sites is 2. The smallest absolute Gasteiger partial charge is 0.244 e. The third kappa shape index (κ3) is 1.89. The van der Waals surface area contributed by atoms with Crippen molar-refractivity contribution in [3.63, 3.8) is 0 Å². The number of halogens is 1. The molecular weight excluding hydrogens is 252 g/mol. The van der Waals surface area contributed by atoms with Gasteiger partial charge in [-0.1, -0.05) is 23.7 Å². The van der Waals surface area contributed by atoms with Crippen LogP contribution in [0, 0.1) is 0 Å². The summed E-state index contributed by atoms with van der Waals surface area (Å²) in [6.45, 7) is 0.200. The Hall–Kier alpha value is -2.14. The monoisotopic (exact) mass is 260 g/mol. The molecule has 90 valence electrons. The minimum atomic E-state index is -0.0875. The molecule has 0 bridgehead atoms. The van der Waals surface area contributed by atoms with Gasteiger partial charge in [-0.05, 0) is 12.1 Å². The molecule has 0 saturated carbocycles. The number of anilines is 3. The van der Waals surface area contributed by atoms with Gasteiger partial charge >= 0.3 is 0 Å². The maximum absolute atomic E-state index is 11.7. The molecular formula is C12H9ClN4O. The molecule has 1 aromatic heterocycles. The van der Waals surface area contributed by atoms with Gasteiger partial charge in [0.2, 0.25) is 5.91 Å². The molecule has 0 radical (unpaired) electrons. The number of carbonyl (C=O) groups is 1. The highest BCUT2D eigenvalue weighted by Gasteiger charge is 2.23. The third-order valence-electron chi connectivity index (χ3n) is 2.64. The van der Waals surface area contributed by atoms with Crippen LogP contribution in [0.5, 0.6) is 0 Å². The summed E-state index contributed by atoms with van der Waals surface area (Å²) >= 11 is 5.83. The summed E-state index contributed by atoms with van der Waals surface area (Å²) in [4.78, 5) is 21.6. The van der Waals surface area contributed by atoms with Gasteiger partial charge in [0.1, 0.15) is 11.7 Å². The minimum absolute atomic E-state index is 0.0875. The normalized spacial score (nSPS) is 14.1. The van der Waals surface area contributed by atoms with E-state index in [0.717, 1.165) is 11.4 Å². The van der Waals surface area contributed by atoms with Crippen LogP contribution in [-0.2, 0) is 4.79 Å². The fourth-order valence-electron chi connectivity index (χ4n) is 1.90. The fourth-order valence-corrected chi connectivity index (χ4v) is 2.04. The second-order valence-electron chi connectivity index (χ2n) is 3.85. The Balaban J connectivity index is 2.10. The molecule has 18 heavy (non-hydrogen) atoms. The fraction of sp³-hybridized carbons (Fsp3) is 0.0833. The van der Waals surface area contributed by atoms with Crippen LogP contribution in [0.3, 0.4) is 0 Å². The Bertz CT molecular complexity index is 617. The average Bonchev–Trinajstić information content (AvgIpc) is 2.37. The standard InChI is InChI=1S/C12H9ClN4O/c13-10-5-14-6-11(16-10)17-7-12(18)15-8-3-1-2-4-9(8)17/h1-6H,7H2,(H,15,18). The van der Waals surface area contributed by atoms with Crippen molar-refractivity contribution in [2.45, 2.75) is 0 Å². The van der Waals surface area contributed by atoms with Crippen molar-refractivity contribution in [2.75, 3.05) is 16.8 Å². The number of benzene rings is 1. The molecule has 1 N–H and O–H groups in total. The maximum Gasteiger partial charge on any atom is 0.244 e. The molecule has 0 spiro atoms. The van der Waals surface area contributed by atoms with Crippen molar-refractivity contribution in [1.82, 2.24) is 9.97 Å². The van der Waals surface area contributed by atoms with E-state index in [4.69, 9.17) is 11.6 Å². The van der Waals surface area contributed by atoms with E-state index >= 15 is 0 Å². The molecule has 0 unspecified atom stereocenters. The number of nitrogens with one attached hydrogen (secondary N) is 1. The van der Waals surface area contributed by atoms with Crippen LogP contribution < -0.4 is 10.2 Å². The molecule has 0 saturated heterocycles. The predicted molar refractivity (Wildman–Crippen MR) is 69.1 cm³/mol. The number of fused-ring (bicyclic) bond motifs is 1. The van der Waals surface area contributed by atoms with E-state index in [2.05, 4.69) is 15.3 Å². The number of amides is 1. The first-order valence-corrected chi connectivity index (χ1v) is 5.76. The van der Waals surface area contributed by atoms with Gasteiger partial charge in [-0.25, -0.2) is 4.98 Å². The van der Waals surface area contributed by atoms with Gasteiger partial charge in [0.05, 0.1) is 23.8 Å². The van der Waals surface area contributed by atoms with Crippen molar-refractivity contribution >= 4 is 34.7 Å². The molecule has 0 aliphatic carbocycles. The summed E-state index contributed by atoms with van der Waals surface area (Å²) < 4.78 is 0. The highest BCUT2D eigenvalue weighted by Crippen LogP contribution is 2.33. The lowest BCUT2D eigenvalue weighted by Crippen LogP contribution is -2.35. The number of aromatic nitrogens is 2. The summed E-state index contributed by atoms with van der Waals surface area (Å²) in [5.41, 5.74) is 1.64. The van der Waals surface area contributed by atoms with E-state index in [-0.39, 0.29) is 12.5 Å². The number of rotatable bonds is 1. The minimum Gasteiger partial charge on any atom is -0.323 e. The molecule has 1 aliphatic rings. The Morgan fingerprint density at radius 3 is 2.94 bits per heavy atom. The van der Waals surface area contributed by atoms with Crippen molar-refractivity contribution < 1.29 is 4.79 Å². The topological polar surface area (TPSA) is 58.1 Å². The number of carbonyl (C=O) groups excluding carboxylic acids is 1. The van der Waals surface area contributed by atoms with Gasteiger partial charge in [0, 0.05) is 0 Å². The summed E-state index contributed by atoms with van der Waals surface area (Å²) in [5, 5.41) is 3.11. The van der Waals surface area contributed by atoms with Crippen LogP contribution in [0.2, 0.25) is 5.15 Å². The van der Waals surface area contributed by atoms with E-state index < -0.39 is 0 Å². The highest BCUT2D eigenvalue weighted by atomic mass is 35.5. The van der Waals surface area contributed by atoms with Gasteiger partial charge in [-0.3, -0.25) is 9.78 Å². The predicted octanol–water partition coefficient (Wildman–Crippen LogP) is 2.22. The Labute approximate surface area is 108 Å². The molecule has 1 aliphatic heterocycles. The van der Waals surface area contributed by atoms with E-state index in [0.29, 0.717) is 11.0 Å². The van der Waals surface area contributed by atoms with Crippen molar-refractivity contribution in [1.29, 1.82) is 0 Å². The molecule has 1 aromatic carbocycles. The lowest BCUT2D eigenvalue weighted by atomic mass is 10.2. The second-order valence-corrected chi connectivity index (χ2v) is 4.24. The van der Waals surface area contributed by atoms with Crippen LogP contribution in [0.15, 0.2) is 36.7 Å². The second kappa shape index (κ2) is 4.27. The van der Waals surface area contributed by atoms with Crippen LogP contribution in [0.1, 0.15) is 0 Å². The van der Waals surface area contributed by atoms with E-state index in [9.17, 15) is 4.79 Å². The quantitative estimate of drug-likeness (QED) is 0.854. The highest BCUT2D eigenvalue weighted by molar-refractivity contribution is 6.29. The van der Waals surface area contributed by atoms with Crippen LogP contribution in [0.4, 0.5) is 17.2 Å². The van der Waals surface area contributed by atoms with Gasteiger partial charge in [0.15, 0.2) is 5.82 Å². The molecule has 2 aromatic rings. The molecule has 3 rings (SSSR count). The van der Waals surface area contributed by atoms with Gasteiger partial charge < -0.3 is 10.2 Å². The molecule has 0 atom stereocenters. The zero-order valence-corrected chi connectivity index (χ0v) is 10.1. The van der Waals surface area contributed by atoms with Crippen molar-refractivity contribution in [3.8, 4) is 0 Å². The molecule has 2 heterocycles. The van der Waals surface area contributed by atoms with Crippen LogP contribution in [0.25, 0.3) is 0 Å².